The van der Waals surface area contributed by atoms with Crippen LogP contribution < -0.4 is 11.1 Å². The van der Waals surface area contributed by atoms with E-state index >= 15 is 0 Å². The van der Waals surface area contributed by atoms with E-state index in [4.69, 9.17) is 15.2 Å². The van der Waals surface area contributed by atoms with Gasteiger partial charge in [-0.05, 0) is 48.2 Å². The predicted octanol–water partition coefficient (Wildman–Crippen LogP) is 3.20. The maximum Gasteiger partial charge on any atom is 0.255 e. The molecule has 6 nitrogen and oxygen atoms in total. The molecule has 2 aliphatic heterocycles. The topological polar surface area (TPSA) is 76.8 Å². The number of nitrogens with one attached hydrogen (secondary N) is 1. The minimum Gasteiger partial charge on any atom is -0.399 e. The van der Waals surface area contributed by atoms with Crippen LogP contribution in [-0.4, -0.2) is 42.9 Å². The highest BCUT2D eigenvalue weighted by molar-refractivity contribution is 5.99. The van der Waals surface area contributed by atoms with Gasteiger partial charge in [-0.3, -0.25) is 4.79 Å². The van der Waals surface area contributed by atoms with E-state index in [1.165, 1.54) is 5.56 Å². The molecule has 4 rings (SSSR count). The molecule has 29 heavy (non-hydrogen) atoms. The van der Waals surface area contributed by atoms with Crippen molar-refractivity contribution in [3.05, 3.63) is 71.3 Å². The monoisotopic (exact) mass is 393 g/mol. The number of hydrogen-bond donors (Lipinski definition) is 2. The second-order valence-corrected chi connectivity index (χ2v) is 7.70. The zero-order valence-corrected chi connectivity index (χ0v) is 16.9. The number of ether oxygens (including phenoxy) is 2. The lowest BCUT2D eigenvalue weighted by atomic mass is 9.93. The van der Waals surface area contributed by atoms with Crippen LogP contribution in [-0.2, 0) is 22.4 Å². The lowest BCUT2D eigenvalue weighted by molar-refractivity contribution is -0.0564. The third kappa shape index (κ3) is 3.61. The van der Waals surface area contributed by atoms with E-state index in [2.05, 4.69) is 24.0 Å². The van der Waals surface area contributed by atoms with Gasteiger partial charge in [0.05, 0.1) is 18.2 Å². The van der Waals surface area contributed by atoms with Crippen molar-refractivity contribution in [1.29, 1.82) is 0 Å². The van der Waals surface area contributed by atoms with Crippen LogP contribution in [0.15, 0.2) is 54.6 Å². The lowest BCUT2D eigenvalue weighted by Gasteiger charge is -2.36. The maximum atomic E-state index is 13.3. The van der Waals surface area contributed by atoms with E-state index in [-0.39, 0.29) is 30.9 Å². The second-order valence-electron chi connectivity index (χ2n) is 7.70. The predicted molar refractivity (Wildman–Crippen MR) is 114 cm³/mol. The van der Waals surface area contributed by atoms with Gasteiger partial charge in [-0.15, -0.1) is 0 Å². The number of anilines is 2. The van der Waals surface area contributed by atoms with E-state index < -0.39 is 0 Å². The van der Waals surface area contributed by atoms with Crippen LogP contribution in [0, 0.1) is 0 Å². The minimum absolute atomic E-state index is 0.0177. The molecule has 0 bridgehead atoms. The number of hydrogen-bond acceptors (Lipinski definition) is 5. The number of para-hydroxylation sites is 1. The number of nitrogens with zero attached hydrogens (tertiary/aromatic N) is 1. The van der Waals surface area contributed by atoms with Gasteiger partial charge in [-0.2, -0.15) is 0 Å². The van der Waals surface area contributed by atoms with E-state index in [0.29, 0.717) is 17.8 Å². The Kier molecular flexibility index (Phi) is 5.30. The van der Waals surface area contributed by atoms with Crippen molar-refractivity contribution >= 4 is 17.3 Å². The van der Waals surface area contributed by atoms with Crippen molar-refractivity contribution in [3.63, 3.8) is 0 Å². The minimum atomic E-state index is -0.257. The first-order chi connectivity index (χ1) is 14.0. The summed E-state index contributed by atoms with van der Waals surface area (Å²) in [7, 11) is 1.59. The average molecular weight is 393 g/mol. The van der Waals surface area contributed by atoms with Gasteiger partial charge in [0.1, 0.15) is 6.79 Å². The number of amides is 1. The Morgan fingerprint density at radius 1 is 1.31 bits per heavy atom. The third-order valence-electron chi connectivity index (χ3n) is 5.82. The van der Waals surface area contributed by atoms with Gasteiger partial charge in [0.2, 0.25) is 0 Å². The van der Waals surface area contributed by atoms with E-state index in [1.807, 2.05) is 36.1 Å². The van der Waals surface area contributed by atoms with Crippen molar-refractivity contribution in [1.82, 2.24) is 4.90 Å². The molecule has 2 heterocycles. The second kappa shape index (κ2) is 7.89. The Hall–Kier alpha value is -2.83. The number of carbonyl (C=O) groups excluding carboxylic acids is 1. The van der Waals surface area contributed by atoms with Crippen LogP contribution in [0.2, 0.25) is 0 Å². The molecular weight excluding hydrogens is 366 g/mol. The van der Waals surface area contributed by atoms with Gasteiger partial charge in [-0.25, -0.2) is 0 Å². The first-order valence-electron chi connectivity index (χ1n) is 9.82. The maximum absolute atomic E-state index is 13.3. The van der Waals surface area contributed by atoms with Crippen molar-refractivity contribution in [2.75, 3.05) is 25.0 Å². The highest BCUT2D eigenvalue weighted by Gasteiger charge is 2.41. The lowest BCUT2D eigenvalue weighted by Crippen LogP contribution is -2.49. The summed E-state index contributed by atoms with van der Waals surface area (Å²) < 4.78 is 10.8. The molecule has 0 saturated carbocycles. The largest absolute Gasteiger partial charge is 0.399 e. The van der Waals surface area contributed by atoms with Crippen LogP contribution in [0.4, 0.5) is 11.4 Å². The zero-order chi connectivity index (χ0) is 20.5. The molecule has 2 aromatic rings. The van der Waals surface area contributed by atoms with E-state index in [9.17, 15) is 4.79 Å². The summed E-state index contributed by atoms with van der Waals surface area (Å²) in [5.41, 5.74) is 11.4. The molecule has 0 saturated heterocycles. The van der Waals surface area contributed by atoms with Gasteiger partial charge < -0.3 is 25.4 Å². The SMILES string of the molecule is C=C(C(C)OCOC)C(C1Cc2ccccc2N1)N1Cc2ccc(N)cc2C1=O. The van der Waals surface area contributed by atoms with Gasteiger partial charge in [-0.1, -0.05) is 30.8 Å². The molecular formula is C23H27N3O3. The molecule has 1 amide bonds. The normalized spacial score (nSPS) is 19.4. The summed E-state index contributed by atoms with van der Waals surface area (Å²) >= 11 is 0. The quantitative estimate of drug-likeness (QED) is 0.429. The molecule has 6 heteroatoms. The summed E-state index contributed by atoms with van der Waals surface area (Å²) in [6.45, 7) is 6.99. The average Bonchev–Trinajstić information content (AvgIpc) is 3.28. The molecule has 3 atom stereocenters. The number of fused-ring (bicyclic) bond motifs is 2. The Labute approximate surface area is 171 Å². The Morgan fingerprint density at radius 2 is 2.10 bits per heavy atom. The molecule has 0 radical (unpaired) electrons. The fourth-order valence-electron chi connectivity index (χ4n) is 4.28. The molecule has 0 spiro atoms. The number of carbonyl (C=O) groups is 1. The smallest absolute Gasteiger partial charge is 0.255 e. The fraction of sp³-hybridized carbons (Fsp3) is 0.348. The van der Waals surface area contributed by atoms with Crippen molar-refractivity contribution < 1.29 is 14.3 Å². The number of benzene rings is 2. The van der Waals surface area contributed by atoms with Gasteiger partial charge in [0.15, 0.2) is 0 Å². The number of nitrogen functional groups attached to an aromatic ring is 1. The number of nitrogens with two attached hydrogens (primary N) is 1. The van der Waals surface area contributed by atoms with Gasteiger partial charge in [0.25, 0.3) is 5.91 Å². The molecule has 152 valence electrons. The van der Waals surface area contributed by atoms with Crippen LogP contribution >= 0.6 is 0 Å². The molecule has 2 aromatic carbocycles. The summed E-state index contributed by atoms with van der Waals surface area (Å²) in [6, 6.07) is 13.6. The van der Waals surface area contributed by atoms with Crippen LogP contribution in [0.1, 0.15) is 28.4 Å². The van der Waals surface area contributed by atoms with E-state index in [1.54, 1.807) is 13.2 Å². The van der Waals surface area contributed by atoms with Crippen molar-refractivity contribution in [3.8, 4) is 0 Å². The Bertz CT molecular complexity index is 918. The van der Waals surface area contributed by atoms with Crippen LogP contribution in [0.3, 0.4) is 0 Å². The van der Waals surface area contributed by atoms with Crippen LogP contribution in [0.25, 0.3) is 0 Å². The van der Waals surface area contributed by atoms with E-state index in [0.717, 1.165) is 23.2 Å². The van der Waals surface area contributed by atoms with Crippen LogP contribution in [0.5, 0.6) is 0 Å². The molecule has 0 aromatic heterocycles. The summed E-state index contributed by atoms with van der Waals surface area (Å²) in [5.74, 6) is -0.0184. The van der Waals surface area contributed by atoms with Gasteiger partial charge >= 0.3 is 0 Å². The summed E-state index contributed by atoms with van der Waals surface area (Å²) in [6.07, 6.45) is 0.561. The zero-order valence-electron chi connectivity index (χ0n) is 16.9. The number of methoxy groups -OCH3 is 1. The standard InChI is InChI=1S/C23H27N3O3/c1-14(15(2)29-13-28-3)22(21-10-16-6-4-5-7-20(16)25-21)26-12-17-8-9-18(24)11-19(17)23(26)27/h4-9,11,15,21-22,25H,1,10,12-13,24H2,2-3H3. The number of rotatable bonds is 7. The molecule has 3 N–H and O–H groups in total. The fourth-order valence-corrected chi connectivity index (χ4v) is 4.28. The highest BCUT2D eigenvalue weighted by atomic mass is 16.7. The first kappa shape index (κ1) is 19.5. The highest BCUT2D eigenvalue weighted by Crippen LogP contribution is 2.35. The van der Waals surface area contributed by atoms with Crippen molar-refractivity contribution in [2.24, 2.45) is 0 Å². The molecule has 0 fully saturated rings. The Morgan fingerprint density at radius 3 is 2.86 bits per heavy atom. The molecule has 3 unspecified atom stereocenters. The molecule has 2 aliphatic rings. The summed E-state index contributed by atoms with van der Waals surface area (Å²) in [4.78, 5) is 15.2. The first-order valence-corrected chi connectivity index (χ1v) is 9.82. The Balaban J connectivity index is 1.64. The summed E-state index contributed by atoms with van der Waals surface area (Å²) in [5, 5.41) is 3.60. The van der Waals surface area contributed by atoms with Crippen molar-refractivity contribution in [2.45, 2.75) is 38.1 Å². The van der Waals surface area contributed by atoms with Gasteiger partial charge in [0, 0.05) is 30.6 Å². The molecule has 0 aliphatic carbocycles. The third-order valence-corrected chi connectivity index (χ3v) is 5.82.